The molecule has 0 saturated carbocycles. The van der Waals surface area contributed by atoms with E-state index in [0.717, 1.165) is 12.6 Å². The highest BCUT2D eigenvalue weighted by Crippen LogP contribution is 2.56. The van der Waals surface area contributed by atoms with Crippen molar-refractivity contribution in [2.24, 2.45) is 0 Å². The second kappa shape index (κ2) is 4.41. The summed E-state index contributed by atoms with van der Waals surface area (Å²) in [6, 6.07) is 0. The van der Waals surface area contributed by atoms with Crippen LogP contribution in [-0.4, -0.2) is 23.8 Å². The molecule has 1 atom stereocenters. The summed E-state index contributed by atoms with van der Waals surface area (Å²) in [5.41, 5.74) is 0. The van der Waals surface area contributed by atoms with Gasteiger partial charge in [0.25, 0.3) is 0 Å². The first kappa shape index (κ1) is 12.9. The predicted octanol–water partition coefficient (Wildman–Crippen LogP) is 3.15. The van der Waals surface area contributed by atoms with Gasteiger partial charge in [0.2, 0.25) is 0 Å². The molecule has 0 aromatic rings. The van der Waals surface area contributed by atoms with E-state index in [4.69, 9.17) is 0 Å². The van der Waals surface area contributed by atoms with Crippen molar-refractivity contribution in [2.45, 2.75) is 45.7 Å². The average Bonchev–Trinajstić information content (AvgIpc) is 1.82. The Hall–Kier alpha value is -0.100. The van der Waals surface area contributed by atoms with E-state index in [-0.39, 0.29) is 10.9 Å². The largest absolute Gasteiger partial charge is 0.323 e. The van der Waals surface area contributed by atoms with Crippen molar-refractivity contribution in [3.05, 3.63) is 0 Å². The lowest BCUT2D eigenvalue weighted by molar-refractivity contribution is -0.117. The van der Waals surface area contributed by atoms with Gasteiger partial charge >= 0.3 is 0 Å². The first-order chi connectivity index (χ1) is 5.73. The molecule has 78 valence electrons. The van der Waals surface area contributed by atoms with Gasteiger partial charge in [0, 0.05) is 17.7 Å². The number of carbonyl (C=O) groups excluding carboxylic acids is 1. The summed E-state index contributed by atoms with van der Waals surface area (Å²) in [4.78, 5) is 11.0. The zero-order valence-corrected chi connectivity index (χ0v) is 10.3. The van der Waals surface area contributed by atoms with Crippen molar-refractivity contribution >= 4 is 12.9 Å². The van der Waals surface area contributed by atoms with Crippen LogP contribution in [0.2, 0.25) is 0 Å². The van der Waals surface area contributed by atoms with Crippen molar-refractivity contribution in [3.8, 4) is 0 Å². The summed E-state index contributed by atoms with van der Waals surface area (Å²) in [6.45, 7) is 9.28. The van der Waals surface area contributed by atoms with Gasteiger partial charge in [0.1, 0.15) is 5.78 Å². The molecule has 0 N–H and O–H groups in total. The number of Topliss-reactive ketones (excluding diaryl/α,β-unsaturated/α-hetero) is 1. The molecule has 0 rings (SSSR count). The maximum atomic E-state index is 12.2. The molecular formula is C10H21O2P. The molecule has 0 aliphatic rings. The van der Waals surface area contributed by atoms with E-state index in [9.17, 15) is 9.36 Å². The number of rotatable bonds is 5. The summed E-state index contributed by atoms with van der Waals surface area (Å²) < 4.78 is 12.2. The van der Waals surface area contributed by atoms with Crippen molar-refractivity contribution in [2.75, 3.05) is 12.8 Å². The Bertz CT molecular complexity index is 231. The van der Waals surface area contributed by atoms with Crippen LogP contribution < -0.4 is 0 Å². The van der Waals surface area contributed by atoms with Crippen LogP contribution in [0.3, 0.4) is 0 Å². The van der Waals surface area contributed by atoms with Crippen LogP contribution in [0.25, 0.3) is 0 Å². The van der Waals surface area contributed by atoms with Gasteiger partial charge < -0.3 is 4.57 Å². The Labute approximate surface area is 81.5 Å². The number of hydrogen-bond acceptors (Lipinski definition) is 2. The zero-order chi connectivity index (χ0) is 10.7. The lowest BCUT2D eigenvalue weighted by atomic mass is 10.1. The summed E-state index contributed by atoms with van der Waals surface area (Å²) in [5, 5.41) is -0.325. The first-order valence-corrected chi connectivity index (χ1v) is 7.13. The molecule has 0 heterocycles. The molecule has 0 aromatic heterocycles. The molecule has 0 bridgehead atoms. The topological polar surface area (TPSA) is 34.1 Å². The second-order valence-electron chi connectivity index (χ2n) is 4.52. The Morgan fingerprint density at radius 1 is 1.38 bits per heavy atom. The third-order valence-electron chi connectivity index (χ3n) is 2.61. The Balaban J connectivity index is 4.60. The fourth-order valence-corrected chi connectivity index (χ4v) is 3.52. The standard InChI is InChI=1S/C10H21O2P/c1-6-7-13(5,12)10(3,4)8-9(2)11/h6-8H2,1-5H3. The Kier molecular flexibility index (Phi) is 4.38. The molecule has 0 spiro atoms. The summed E-state index contributed by atoms with van der Waals surface area (Å²) in [7, 11) is -2.17. The van der Waals surface area contributed by atoms with Gasteiger partial charge in [-0.3, -0.25) is 4.79 Å². The first-order valence-electron chi connectivity index (χ1n) is 4.79. The lowest BCUT2D eigenvalue weighted by Crippen LogP contribution is -2.24. The summed E-state index contributed by atoms with van der Waals surface area (Å²) in [5.74, 6) is 0.128. The van der Waals surface area contributed by atoms with E-state index in [2.05, 4.69) is 0 Å². The van der Waals surface area contributed by atoms with Gasteiger partial charge in [-0.1, -0.05) is 20.8 Å². The highest BCUT2D eigenvalue weighted by molar-refractivity contribution is 7.64. The smallest absolute Gasteiger partial charge is 0.130 e. The highest BCUT2D eigenvalue weighted by atomic mass is 31.2. The maximum absolute atomic E-state index is 12.2. The average molecular weight is 204 g/mol. The molecule has 0 aliphatic carbocycles. The molecule has 0 aliphatic heterocycles. The molecule has 0 fully saturated rings. The molecule has 2 nitrogen and oxygen atoms in total. The molecule has 0 amide bonds. The third kappa shape index (κ3) is 3.64. The summed E-state index contributed by atoms with van der Waals surface area (Å²) >= 11 is 0. The maximum Gasteiger partial charge on any atom is 0.130 e. The molecule has 1 unspecified atom stereocenters. The van der Waals surface area contributed by atoms with Crippen LogP contribution in [0.4, 0.5) is 0 Å². The Morgan fingerprint density at radius 3 is 2.15 bits per heavy atom. The quantitative estimate of drug-likeness (QED) is 0.645. The van der Waals surface area contributed by atoms with Crippen LogP contribution in [0.5, 0.6) is 0 Å². The van der Waals surface area contributed by atoms with E-state index in [1.807, 2.05) is 27.4 Å². The second-order valence-corrected chi connectivity index (χ2v) is 8.38. The van der Waals surface area contributed by atoms with Gasteiger partial charge in [0.15, 0.2) is 0 Å². The van der Waals surface area contributed by atoms with E-state index in [1.54, 1.807) is 6.92 Å². The fraction of sp³-hybridized carbons (Fsp3) is 0.900. The van der Waals surface area contributed by atoms with Crippen LogP contribution in [0, 0.1) is 0 Å². The van der Waals surface area contributed by atoms with Gasteiger partial charge in [-0.25, -0.2) is 0 Å². The SMILES string of the molecule is CCCP(C)(=O)C(C)(C)CC(C)=O. The van der Waals surface area contributed by atoms with Crippen molar-refractivity contribution in [3.63, 3.8) is 0 Å². The highest BCUT2D eigenvalue weighted by Gasteiger charge is 2.35. The van der Waals surface area contributed by atoms with Gasteiger partial charge in [-0.15, -0.1) is 0 Å². The van der Waals surface area contributed by atoms with Crippen molar-refractivity contribution in [1.29, 1.82) is 0 Å². The molecular weight excluding hydrogens is 183 g/mol. The van der Waals surface area contributed by atoms with Gasteiger partial charge in [-0.2, -0.15) is 0 Å². The minimum absolute atomic E-state index is 0.128. The van der Waals surface area contributed by atoms with Crippen LogP contribution in [-0.2, 0) is 9.36 Å². The predicted molar refractivity (Wildman–Crippen MR) is 58.1 cm³/mol. The molecule has 3 heteroatoms. The van der Waals surface area contributed by atoms with Gasteiger partial charge in [-0.05, 0) is 20.0 Å². The number of hydrogen-bond donors (Lipinski definition) is 0. The summed E-state index contributed by atoms with van der Waals surface area (Å²) in [6.07, 6.45) is 2.10. The Morgan fingerprint density at radius 2 is 1.85 bits per heavy atom. The minimum Gasteiger partial charge on any atom is -0.323 e. The molecule has 0 aromatic carbocycles. The van der Waals surface area contributed by atoms with Gasteiger partial charge in [0.05, 0.1) is 7.14 Å². The monoisotopic (exact) mass is 204 g/mol. The van der Waals surface area contributed by atoms with Crippen LogP contribution >= 0.6 is 7.14 Å². The van der Waals surface area contributed by atoms with Crippen molar-refractivity contribution < 1.29 is 9.36 Å². The normalized spacial score (nSPS) is 16.7. The third-order valence-corrected chi connectivity index (χ3v) is 6.63. The van der Waals surface area contributed by atoms with Crippen molar-refractivity contribution in [1.82, 2.24) is 0 Å². The molecule has 0 saturated heterocycles. The van der Waals surface area contributed by atoms with Crippen LogP contribution in [0.1, 0.15) is 40.5 Å². The van der Waals surface area contributed by atoms with Crippen LogP contribution in [0.15, 0.2) is 0 Å². The lowest BCUT2D eigenvalue weighted by Gasteiger charge is -2.31. The van der Waals surface area contributed by atoms with E-state index < -0.39 is 7.14 Å². The molecule has 13 heavy (non-hydrogen) atoms. The minimum atomic E-state index is -2.17. The van der Waals surface area contributed by atoms with E-state index in [1.165, 1.54) is 0 Å². The zero-order valence-electron chi connectivity index (χ0n) is 9.39. The molecule has 0 radical (unpaired) electrons. The fourth-order valence-electron chi connectivity index (χ4n) is 1.51. The van der Waals surface area contributed by atoms with E-state index >= 15 is 0 Å². The number of carbonyl (C=O) groups is 1. The van der Waals surface area contributed by atoms with E-state index in [0.29, 0.717) is 6.42 Å². The number of ketones is 1.